The molecule has 22 heavy (non-hydrogen) atoms. The molecule has 0 aliphatic rings. The van der Waals surface area contributed by atoms with Crippen LogP contribution in [-0.2, 0) is 6.54 Å². The summed E-state index contributed by atoms with van der Waals surface area (Å²) in [5, 5.41) is 16.5. The van der Waals surface area contributed by atoms with E-state index in [-0.39, 0.29) is 10.6 Å². The van der Waals surface area contributed by atoms with Gasteiger partial charge in [0.15, 0.2) is 0 Å². The summed E-state index contributed by atoms with van der Waals surface area (Å²) in [5.41, 5.74) is 1.62. The van der Waals surface area contributed by atoms with E-state index in [1.807, 2.05) is 30.3 Å². The van der Waals surface area contributed by atoms with E-state index in [2.05, 4.69) is 27.7 Å². The minimum Gasteiger partial charge on any atom is -0.497 e. The number of aromatic nitrogens is 2. The van der Waals surface area contributed by atoms with Crippen LogP contribution in [0.3, 0.4) is 0 Å². The standard InChI is InChI=1S/C15H12IN3O3/c1-22-11-7-5-10(6-8-11)9-18-14-12(15(16)17-18)3-2-4-13(14)19(20)21/h2-8H,9H2,1H3. The molecule has 0 saturated heterocycles. The molecule has 112 valence electrons. The first-order valence-electron chi connectivity index (χ1n) is 6.52. The van der Waals surface area contributed by atoms with E-state index < -0.39 is 0 Å². The average Bonchev–Trinajstić information content (AvgIpc) is 2.84. The van der Waals surface area contributed by atoms with E-state index in [1.54, 1.807) is 17.9 Å². The number of hydrogen-bond donors (Lipinski definition) is 0. The third kappa shape index (κ3) is 2.63. The molecule has 2 aromatic carbocycles. The number of halogens is 1. The summed E-state index contributed by atoms with van der Waals surface area (Å²) >= 11 is 2.10. The molecular weight excluding hydrogens is 397 g/mol. The van der Waals surface area contributed by atoms with Crippen molar-refractivity contribution in [2.75, 3.05) is 7.11 Å². The molecule has 0 bridgehead atoms. The molecule has 0 unspecified atom stereocenters. The zero-order valence-corrected chi connectivity index (χ0v) is 13.9. The molecule has 3 rings (SSSR count). The van der Waals surface area contributed by atoms with Crippen molar-refractivity contribution in [1.29, 1.82) is 0 Å². The van der Waals surface area contributed by atoms with E-state index in [1.165, 1.54) is 6.07 Å². The van der Waals surface area contributed by atoms with Gasteiger partial charge in [0.2, 0.25) is 0 Å². The van der Waals surface area contributed by atoms with Gasteiger partial charge in [-0.2, -0.15) is 5.10 Å². The van der Waals surface area contributed by atoms with E-state index >= 15 is 0 Å². The highest BCUT2D eigenvalue weighted by Crippen LogP contribution is 2.29. The Balaban J connectivity index is 2.08. The third-order valence-corrected chi connectivity index (χ3v) is 4.19. The number of fused-ring (bicyclic) bond motifs is 1. The number of nitro groups is 1. The van der Waals surface area contributed by atoms with Gasteiger partial charge in [0, 0.05) is 11.5 Å². The van der Waals surface area contributed by atoms with Crippen molar-refractivity contribution in [2.24, 2.45) is 0 Å². The Hall–Kier alpha value is -2.16. The van der Waals surface area contributed by atoms with Gasteiger partial charge in [-0.15, -0.1) is 0 Å². The number of hydrogen-bond acceptors (Lipinski definition) is 4. The summed E-state index contributed by atoms with van der Waals surface area (Å²) in [6.07, 6.45) is 0. The predicted molar refractivity (Wildman–Crippen MR) is 91.2 cm³/mol. The zero-order chi connectivity index (χ0) is 15.7. The lowest BCUT2D eigenvalue weighted by atomic mass is 10.2. The number of non-ortho nitro benzene ring substituents is 1. The van der Waals surface area contributed by atoms with Crippen LogP contribution in [0.2, 0.25) is 0 Å². The lowest BCUT2D eigenvalue weighted by Crippen LogP contribution is -2.03. The molecule has 0 aliphatic carbocycles. The molecule has 3 aromatic rings. The van der Waals surface area contributed by atoms with Crippen molar-refractivity contribution < 1.29 is 9.66 Å². The number of para-hydroxylation sites is 1. The quantitative estimate of drug-likeness (QED) is 0.375. The highest BCUT2D eigenvalue weighted by atomic mass is 127. The summed E-state index contributed by atoms with van der Waals surface area (Å²) in [6.45, 7) is 0.467. The van der Waals surface area contributed by atoms with Crippen LogP contribution in [0.25, 0.3) is 10.9 Å². The third-order valence-electron chi connectivity index (χ3n) is 3.39. The number of nitrogens with zero attached hydrogens (tertiary/aromatic N) is 3. The second-order valence-electron chi connectivity index (χ2n) is 4.73. The van der Waals surface area contributed by atoms with Crippen molar-refractivity contribution >= 4 is 39.2 Å². The second-order valence-corrected chi connectivity index (χ2v) is 5.75. The van der Waals surface area contributed by atoms with Crippen LogP contribution in [-0.4, -0.2) is 21.8 Å². The number of ether oxygens (including phenoxy) is 1. The van der Waals surface area contributed by atoms with Gasteiger partial charge in [0.1, 0.15) is 15.0 Å². The Kier molecular flexibility index (Phi) is 3.97. The van der Waals surface area contributed by atoms with Crippen LogP contribution >= 0.6 is 22.6 Å². The van der Waals surface area contributed by atoms with E-state index in [9.17, 15) is 10.1 Å². The Bertz CT molecular complexity index is 843. The highest BCUT2D eigenvalue weighted by Gasteiger charge is 2.19. The molecule has 0 radical (unpaired) electrons. The van der Waals surface area contributed by atoms with Gasteiger partial charge < -0.3 is 4.74 Å². The molecular formula is C15H12IN3O3. The van der Waals surface area contributed by atoms with Crippen molar-refractivity contribution in [3.8, 4) is 5.75 Å². The van der Waals surface area contributed by atoms with Crippen molar-refractivity contribution in [3.05, 3.63) is 61.8 Å². The van der Waals surface area contributed by atoms with Crippen LogP contribution in [0.4, 0.5) is 5.69 Å². The van der Waals surface area contributed by atoms with Crippen molar-refractivity contribution in [3.63, 3.8) is 0 Å². The SMILES string of the molecule is COc1ccc(Cn2nc(I)c3cccc([N+](=O)[O-])c32)cc1. The minimum absolute atomic E-state index is 0.0708. The molecule has 0 spiro atoms. The van der Waals surface area contributed by atoms with Crippen molar-refractivity contribution in [1.82, 2.24) is 9.78 Å². The van der Waals surface area contributed by atoms with Gasteiger partial charge >= 0.3 is 0 Å². The van der Waals surface area contributed by atoms with Crippen LogP contribution in [0.1, 0.15) is 5.56 Å². The van der Waals surface area contributed by atoms with Crippen LogP contribution in [0.5, 0.6) is 5.75 Å². The number of nitro benzene ring substituents is 1. The predicted octanol–water partition coefficient (Wildman–Crippen LogP) is 3.61. The number of rotatable bonds is 4. The van der Waals surface area contributed by atoms with Gasteiger partial charge in [-0.3, -0.25) is 14.8 Å². The summed E-state index contributed by atoms with van der Waals surface area (Å²) in [7, 11) is 1.61. The van der Waals surface area contributed by atoms with Gasteiger partial charge in [-0.25, -0.2) is 0 Å². The first-order valence-corrected chi connectivity index (χ1v) is 7.60. The minimum atomic E-state index is -0.370. The van der Waals surface area contributed by atoms with Crippen molar-refractivity contribution in [2.45, 2.75) is 6.54 Å². The van der Waals surface area contributed by atoms with Crippen LogP contribution in [0, 0.1) is 13.8 Å². The monoisotopic (exact) mass is 409 g/mol. The average molecular weight is 409 g/mol. The van der Waals surface area contributed by atoms with E-state index in [4.69, 9.17) is 4.74 Å². The first-order chi connectivity index (χ1) is 10.6. The molecule has 0 fully saturated rings. The second kappa shape index (κ2) is 5.91. The molecule has 0 aliphatic heterocycles. The molecule has 0 amide bonds. The fourth-order valence-corrected chi connectivity index (χ4v) is 3.04. The van der Waals surface area contributed by atoms with Gasteiger partial charge in [0.25, 0.3) is 5.69 Å². The lowest BCUT2D eigenvalue weighted by molar-refractivity contribution is -0.383. The Morgan fingerprint density at radius 3 is 2.64 bits per heavy atom. The Labute approximate surface area is 140 Å². The van der Waals surface area contributed by atoms with Crippen LogP contribution < -0.4 is 4.74 Å². The summed E-state index contributed by atoms with van der Waals surface area (Å²) < 4.78 is 7.56. The van der Waals surface area contributed by atoms with Gasteiger partial charge in [0.05, 0.1) is 18.6 Å². The summed E-state index contributed by atoms with van der Waals surface area (Å²) in [4.78, 5) is 10.9. The Morgan fingerprint density at radius 2 is 2.00 bits per heavy atom. The molecule has 0 saturated carbocycles. The molecule has 0 N–H and O–H groups in total. The van der Waals surface area contributed by atoms with Gasteiger partial charge in [-0.1, -0.05) is 18.2 Å². The fourth-order valence-electron chi connectivity index (χ4n) is 2.34. The zero-order valence-electron chi connectivity index (χ0n) is 11.7. The smallest absolute Gasteiger partial charge is 0.295 e. The maximum Gasteiger partial charge on any atom is 0.295 e. The largest absolute Gasteiger partial charge is 0.497 e. The molecule has 1 aromatic heterocycles. The lowest BCUT2D eigenvalue weighted by Gasteiger charge is -2.05. The Morgan fingerprint density at radius 1 is 1.27 bits per heavy atom. The molecule has 6 nitrogen and oxygen atoms in total. The fraction of sp³-hybridized carbons (Fsp3) is 0.133. The first kappa shape index (κ1) is 14.8. The molecule has 7 heteroatoms. The highest BCUT2D eigenvalue weighted by molar-refractivity contribution is 14.1. The molecule has 1 heterocycles. The normalized spacial score (nSPS) is 10.8. The maximum absolute atomic E-state index is 11.3. The summed E-state index contributed by atoms with van der Waals surface area (Å²) in [5.74, 6) is 0.773. The summed E-state index contributed by atoms with van der Waals surface area (Å²) in [6, 6.07) is 12.6. The van der Waals surface area contributed by atoms with E-state index in [0.717, 1.165) is 20.4 Å². The van der Waals surface area contributed by atoms with Gasteiger partial charge in [-0.05, 0) is 46.4 Å². The number of benzene rings is 2. The molecule has 0 atom stereocenters. The van der Waals surface area contributed by atoms with E-state index in [0.29, 0.717) is 12.1 Å². The topological polar surface area (TPSA) is 70.2 Å². The number of methoxy groups -OCH3 is 1. The maximum atomic E-state index is 11.3. The van der Waals surface area contributed by atoms with Crippen LogP contribution in [0.15, 0.2) is 42.5 Å².